The van der Waals surface area contributed by atoms with Gasteiger partial charge in [0.1, 0.15) is 5.75 Å². The van der Waals surface area contributed by atoms with Crippen molar-refractivity contribution in [2.24, 2.45) is 0 Å². The third kappa shape index (κ3) is 3.47. The summed E-state index contributed by atoms with van der Waals surface area (Å²) >= 11 is 0. The molecular formula is C12H13F3O2. The van der Waals surface area contributed by atoms with E-state index in [0.29, 0.717) is 0 Å². The van der Waals surface area contributed by atoms with E-state index in [1.165, 1.54) is 25.1 Å². The number of ketones is 1. The van der Waals surface area contributed by atoms with E-state index < -0.39 is 17.8 Å². The number of carbonyl (C=O) groups is 1. The molecule has 0 heterocycles. The summed E-state index contributed by atoms with van der Waals surface area (Å²) < 4.78 is 42.9. The molecule has 0 fully saturated rings. The van der Waals surface area contributed by atoms with Gasteiger partial charge in [-0.15, -0.1) is 0 Å². The fourth-order valence-electron chi connectivity index (χ4n) is 1.35. The molecule has 0 radical (unpaired) electrons. The number of Topliss-reactive ketones (excluding diaryl/α,β-unsaturated/α-hetero) is 1. The van der Waals surface area contributed by atoms with Crippen LogP contribution in [0, 0.1) is 0 Å². The normalized spacial score (nSPS) is 13.2. The van der Waals surface area contributed by atoms with Gasteiger partial charge in [0.05, 0.1) is 5.56 Å². The number of benzene rings is 1. The minimum atomic E-state index is -4.48. The van der Waals surface area contributed by atoms with E-state index in [1.807, 2.05) is 0 Å². The van der Waals surface area contributed by atoms with Crippen LogP contribution in [0.1, 0.15) is 25.8 Å². The van der Waals surface area contributed by atoms with Crippen LogP contribution in [0.3, 0.4) is 0 Å². The summed E-state index contributed by atoms with van der Waals surface area (Å²) in [6, 6.07) is 4.86. The number of ether oxygens (including phenoxy) is 1. The van der Waals surface area contributed by atoms with Crippen LogP contribution in [0.4, 0.5) is 13.2 Å². The Hall–Kier alpha value is -1.52. The Morgan fingerprint density at radius 2 is 1.94 bits per heavy atom. The number of para-hydroxylation sites is 1. The molecule has 0 aliphatic carbocycles. The van der Waals surface area contributed by atoms with Crippen molar-refractivity contribution in [2.45, 2.75) is 32.5 Å². The predicted octanol–water partition coefficient (Wildman–Crippen LogP) is 3.45. The minimum Gasteiger partial charge on any atom is -0.482 e. The van der Waals surface area contributed by atoms with Crippen molar-refractivity contribution < 1.29 is 22.7 Å². The Morgan fingerprint density at radius 3 is 2.47 bits per heavy atom. The molecule has 0 amide bonds. The molecule has 5 heteroatoms. The quantitative estimate of drug-likeness (QED) is 0.813. The second kappa shape index (κ2) is 5.21. The van der Waals surface area contributed by atoms with E-state index in [-0.39, 0.29) is 18.0 Å². The monoisotopic (exact) mass is 246 g/mol. The Bertz CT molecular complexity index is 399. The zero-order valence-electron chi connectivity index (χ0n) is 9.54. The largest absolute Gasteiger partial charge is 0.482 e. The SMILES string of the molecule is CCC(=O)C(C)Oc1ccccc1C(F)(F)F. The Kier molecular flexibility index (Phi) is 4.15. The molecule has 0 N–H and O–H groups in total. The van der Waals surface area contributed by atoms with Crippen LogP contribution < -0.4 is 4.74 Å². The smallest absolute Gasteiger partial charge is 0.419 e. The van der Waals surface area contributed by atoms with Crippen LogP contribution in [-0.2, 0) is 11.0 Å². The average molecular weight is 246 g/mol. The Labute approximate surface area is 97.4 Å². The van der Waals surface area contributed by atoms with Gasteiger partial charge in [-0.2, -0.15) is 13.2 Å². The maximum Gasteiger partial charge on any atom is 0.419 e. The van der Waals surface area contributed by atoms with E-state index in [4.69, 9.17) is 4.74 Å². The second-order valence-corrected chi connectivity index (χ2v) is 3.57. The van der Waals surface area contributed by atoms with Crippen molar-refractivity contribution in [3.8, 4) is 5.75 Å². The van der Waals surface area contributed by atoms with Gasteiger partial charge in [-0.25, -0.2) is 0 Å². The lowest BCUT2D eigenvalue weighted by Crippen LogP contribution is -2.24. The van der Waals surface area contributed by atoms with Gasteiger partial charge in [0.2, 0.25) is 0 Å². The van der Waals surface area contributed by atoms with Gasteiger partial charge >= 0.3 is 6.18 Å². The lowest BCUT2D eigenvalue weighted by Gasteiger charge is -2.17. The number of halogens is 3. The summed E-state index contributed by atoms with van der Waals surface area (Å²) in [7, 11) is 0. The molecule has 1 aromatic rings. The van der Waals surface area contributed by atoms with Crippen molar-refractivity contribution >= 4 is 5.78 Å². The summed E-state index contributed by atoms with van der Waals surface area (Å²) in [6.07, 6.45) is -5.12. The highest BCUT2D eigenvalue weighted by atomic mass is 19.4. The van der Waals surface area contributed by atoms with Crippen LogP contribution in [0.5, 0.6) is 5.75 Å². The third-order valence-electron chi connectivity index (χ3n) is 2.30. The van der Waals surface area contributed by atoms with Crippen LogP contribution in [-0.4, -0.2) is 11.9 Å². The molecule has 0 spiro atoms. The van der Waals surface area contributed by atoms with Crippen LogP contribution in [0.2, 0.25) is 0 Å². The minimum absolute atomic E-state index is 0.231. The van der Waals surface area contributed by atoms with Gasteiger partial charge in [0, 0.05) is 6.42 Å². The molecule has 0 aliphatic heterocycles. The number of hydrogen-bond acceptors (Lipinski definition) is 2. The molecule has 0 bridgehead atoms. The highest BCUT2D eigenvalue weighted by Crippen LogP contribution is 2.36. The number of alkyl halides is 3. The first-order chi connectivity index (χ1) is 7.86. The summed E-state index contributed by atoms with van der Waals surface area (Å²) in [4.78, 5) is 11.3. The van der Waals surface area contributed by atoms with Gasteiger partial charge in [-0.3, -0.25) is 4.79 Å². The topological polar surface area (TPSA) is 26.3 Å². The molecular weight excluding hydrogens is 233 g/mol. The molecule has 0 saturated heterocycles. The molecule has 0 saturated carbocycles. The average Bonchev–Trinajstić information content (AvgIpc) is 2.27. The molecule has 0 aromatic heterocycles. The van der Waals surface area contributed by atoms with Crippen LogP contribution in [0.25, 0.3) is 0 Å². The van der Waals surface area contributed by atoms with Crippen molar-refractivity contribution in [1.82, 2.24) is 0 Å². The first-order valence-corrected chi connectivity index (χ1v) is 5.21. The van der Waals surface area contributed by atoms with Gasteiger partial charge in [0.25, 0.3) is 0 Å². The van der Waals surface area contributed by atoms with E-state index >= 15 is 0 Å². The van der Waals surface area contributed by atoms with Crippen molar-refractivity contribution in [3.63, 3.8) is 0 Å². The maximum atomic E-state index is 12.6. The predicted molar refractivity (Wildman–Crippen MR) is 56.8 cm³/mol. The molecule has 0 aliphatic rings. The van der Waals surface area contributed by atoms with Gasteiger partial charge < -0.3 is 4.74 Å². The fourth-order valence-corrected chi connectivity index (χ4v) is 1.35. The van der Waals surface area contributed by atoms with Gasteiger partial charge in [-0.05, 0) is 19.1 Å². The molecule has 17 heavy (non-hydrogen) atoms. The molecule has 1 atom stereocenters. The Morgan fingerprint density at radius 1 is 1.35 bits per heavy atom. The zero-order valence-corrected chi connectivity index (χ0v) is 9.54. The zero-order chi connectivity index (χ0) is 13.1. The highest BCUT2D eigenvalue weighted by molar-refractivity contribution is 5.82. The first kappa shape index (κ1) is 13.5. The van der Waals surface area contributed by atoms with Crippen molar-refractivity contribution in [2.75, 3.05) is 0 Å². The highest BCUT2D eigenvalue weighted by Gasteiger charge is 2.34. The molecule has 1 rings (SSSR count). The fraction of sp³-hybridized carbons (Fsp3) is 0.417. The summed E-state index contributed by atoms with van der Waals surface area (Å²) in [5, 5.41) is 0. The van der Waals surface area contributed by atoms with Gasteiger partial charge in [0.15, 0.2) is 11.9 Å². The number of hydrogen-bond donors (Lipinski definition) is 0. The summed E-state index contributed by atoms with van der Waals surface area (Å²) in [6.45, 7) is 3.08. The van der Waals surface area contributed by atoms with Crippen LogP contribution >= 0.6 is 0 Å². The maximum absolute atomic E-state index is 12.6. The second-order valence-electron chi connectivity index (χ2n) is 3.57. The molecule has 2 nitrogen and oxygen atoms in total. The lowest BCUT2D eigenvalue weighted by molar-refractivity contribution is -0.140. The van der Waals surface area contributed by atoms with Crippen LogP contribution in [0.15, 0.2) is 24.3 Å². The first-order valence-electron chi connectivity index (χ1n) is 5.21. The van der Waals surface area contributed by atoms with Gasteiger partial charge in [-0.1, -0.05) is 19.1 Å². The third-order valence-corrected chi connectivity index (χ3v) is 2.30. The lowest BCUT2D eigenvalue weighted by atomic mass is 10.1. The number of carbonyl (C=O) groups excluding carboxylic acids is 1. The summed E-state index contributed by atoms with van der Waals surface area (Å²) in [5.74, 6) is -0.545. The van der Waals surface area contributed by atoms with E-state index in [0.717, 1.165) is 6.07 Å². The standard InChI is InChI=1S/C12H13F3O2/c1-3-10(16)8(2)17-11-7-5-4-6-9(11)12(13,14)15/h4-8H,3H2,1-2H3. The van der Waals surface area contributed by atoms with Crippen molar-refractivity contribution in [3.05, 3.63) is 29.8 Å². The molecule has 1 unspecified atom stereocenters. The molecule has 1 aromatic carbocycles. The Balaban J connectivity index is 2.95. The van der Waals surface area contributed by atoms with E-state index in [2.05, 4.69) is 0 Å². The van der Waals surface area contributed by atoms with Crippen molar-refractivity contribution in [1.29, 1.82) is 0 Å². The van der Waals surface area contributed by atoms with E-state index in [9.17, 15) is 18.0 Å². The van der Waals surface area contributed by atoms with E-state index in [1.54, 1.807) is 6.92 Å². The molecule has 94 valence electrons. The summed E-state index contributed by atoms with van der Waals surface area (Å²) in [5.41, 5.74) is -0.865. The number of rotatable bonds is 4.